The fourth-order valence-corrected chi connectivity index (χ4v) is 3.02. The summed E-state index contributed by atoms with van der Waals surface area (Å²) in [5.41, 5.74) is 3.92. The van der Waals surface area contributed by atoms with Crippen molar-refractivity contribution in [3.8, 4) is 5.75 Å². The third-order valence-electron chi connectivity index (χ3n) is 4.16. The molecule has 3 aromatic carbocycles. The topological polar surface area (TPSA) is 33.3 Å². The number of rotatable bonds is 6. The molecule has 3 nitrogen and oxygen atoms in total. The molecule has 0 amide bonds. The lowest BCUT2D eigenvalue weighted by Crippen LogP contribution is -2.33. The molecule has 0 saturated heterocycles. The lowest BCUT2D eigenvalue weighted by atomic mass is 9.99. The van der Waals surface area contributed by atoms with Crippen LogP contribution in [-0.4, -0.2) is 11.7 Å². The van der Waals surface area contributed by atoms with Crippen LogP contribution in [0.2, 0.25) is 0 Å². The van der Waals surface area contributed by atoms with Crippen LogP contribution in [0.3, 0.4) is 0 Å². The van der Waals surface area contributed by atoms with Gasteiger partial charge in [0.1, 0.15) is 5.75 Å². The second-order valence-corrected chi connectivity index (χ2v) is 6.66. The van der Waals surface area contributed by atoms with Crippen molar-refractivity contribution in [3.05, 3.63) is 95.6 Å². The van der Waals surface area contributed by atoms with Crippen LogP contribution >= 0.6 is 12.2 Å². The largest absolute Gasteiger partial charge is 0.435 e. The maximum absolute atomic E-state index is 12.4. The van der Waals surface area contributed by atoms with Gasteiger partial charge in [0.15, 0.2) is 5.11 Å². The molecule has 0 unspecified atom stereocenters. The summed E-state index contributed by atoms with van der Waals surface area (Å²) in [7, 11) is 0. The summed E-state index contributed by atoms with van der Waals surface area (Å²) >= 11 is 5.48. The second kappa shape index (κ2) is 9.28. The first kappa shape index (κ1) is 19.8. The van der Waals surface area contributed by atoms with Crippen LogP contribution in [-0.2, 0) is 0 Å². The zero-order chi connectivity index (χ0) is 19.9. The average molecular weight is 398 g/mol. The van der Waals surface area contributed by atoms with Gasteiger partial charge in [-0.25, -0.2) is 0 Å². The first-order valence-corrected chi connectivity index (χ1v) is 9.16. The molecule has 6 heteroatoms. The third-order valence-corrected chi connectivity index (χ3v) is 4.38. The van der Waals surface area contributed by atoms with Gasteiger partial charge in [-0.05, 0) is 54.5 Å². The van der Waals surface area contributed by atoms with Crippen molar-refractivity contribution in [1.82, 2.24) is 5.32 Å². The molecule has 144 valence electrons. The fourth-order valence-electron chi connectivity index (χ4n) is 2.78. The van der Waals surface area contributed by atoms with Crippen molar-refractivity contribution in [2.24, 2.45) is 0 Å². The van der Waals surface area contributed by atoms with Crippen molar-refractivity contribution in [2.45, 2.75) is 19.6 Å². The Morgan fingerprint density at radius 2 is 1.46 bits per heavy atom. The number of halogens is 2. The maximum Gasteiger partial charge on any atom is 0.387 e. The van der Waals surface area contributed by atoms with Crippen LogP contribution in [0.25, 0.3) is 0 Å². The predicted molar refractivity (Wildman–Crippen MR) is 112 cm³/mol. The zero-order valence-electron chi connectivity index (χ0n) is 15.2. The van der Waals surface area contributed by atoms with Crippen LogP contribution in [0.4, 0.5) is 14.5 Å². The Morgan fingerprint density at radius 3 is 2.07 bits per heavy atom. The molecule has 0 saturated carbocycles. The molecule has 0 bridgehead atoms. The molecule has 0 aromatic heterocycles. The molecule has 28 heavy (non-hydrogen) atoms. The standard InChI is InChI=1S/C22H20F2N2OS/c1-15-7-11-18(12-8-15)25-22(28)26-20(16-5-3-2-4-6-16)17-9-13-19(14-10-17)27-21(23)24/h2-14,20-21H,1H3,(H2,25,26,28)/t20-/m1/s1. The number of thiocarbonyl (C=S) groups is 1. The van der Waals surface area contributed by atoms with Gasteiger partial charge in [0.05, 0.1) is 6.04 Å². The molecule has 0 heterocycles. The fraction of sp³-hybridized carbons (Fsp3) is 0.136. The summed E-state index contributed by atoms with van der Waals surface area (Å²) in [6.07, 6.45) is 0. The van der Waals surface area contributed by atoms with Crippen LogP contribution in [0.1, 0.15) is 22.7 Å². The number of hydrogen-bond donors (Lipinski definition) is 2. The minimum Gasteiger partial charge on any atom is -0.435 e. The van der Waals surface area contributed by atoms with Gasteiger partial charge in [0.25, 0.3) is 0 Å². The highest BCUT2D eigenvalue weighted by Gasteiger charge is 2.16. The average Bonchev–Trinajstić information content (AvgIpc) is 2.69. The Balaban J connectivity index is 1.79. The summed E-state index contributed by atoms with van der Waals surface area (Å²) in [5, 5.41) is 6.94. The minimum atomic E-state index is -2.85. The van der Waals surface area contributed by atoms with Crippen molar-refractivity contribution in [2.75, 3.05) is 5.32 Å². The molecule has 1 atom stereocenters. The molecule has 0 fully saturated rings. The van der Waals surface area contributed by atoms with E-state index in [1.54, 1.807) is 12.1 Å². The van der Waals surface area contributed by atoms with Gasteiger partial charge in [0.2, 0.25) is 0 Å². The van der Waals surface area contributed by atoms with E-state index in [-0.39, 0.29) is 11.8 Å². The Labute approximate surface area is 168 Å². The van der Waals surface area contributed by atoms with Crippen molar-refractivity contribution in [3.63, 3.8) is 0 Å². The smallest absolute Gasteiger partial charge is 0.387 e. The zero-order valence-corrected chi connectivity index (χ0v) is 16.0. The molecule has 3 rings (SSSR count). The molecular weight excluding hydrogens is 378 g/mol. The Morgan fingerprint density at radius 1 is 0.857 bits per heavy atom. The molecular formula is C22H20F2N2OS. The van der Waals surface area contributed by atoms with Crippen molar-refractivity contribution in [1.29, 1.82) is 0 Å². The number of nitrogens with one attached hydrogen (secondary N) is 2. The van der Waals surface area contributed by atoms with E-state index in [4.69, 9.17) is 12.2 Å². The first-order valence-electron chi connectivity index (χ1n) is 8.75. The lowest BCUT2D eigenvalue weighted by molar-refractivity contribution is -0.0498. The summed E-state index contributed by atoms with van der Waals surface area (Å²) in [6, 6.07) is 24.0. The maximum atomic E-state index is 12.4. The normalized spacial score (nSPS) is 11.7. The van der Waals surface area contributed by atoms with Crippen molar-refractivity contribution < 1.29 is 13.5 Å². The van der Waals surface area contributed by atoms with Gasteiger partial charge in [-0.15, -0.1) is 0 Å². The highest BCUT2D eigenvalue weighted by Crippen LogP contribution is 2.25. The molecule has 0 aliphatic heterocycles. The van der Waals surface area contributed by atoms with E-state index in [0.717, 1.165) is 22.4 Å². The summed E-state index contributed by atoms with van der Waals surface area (Å²) < 4.78 is 29.2. The van der Waals surface area contributed by atoms with Gasteiger partial charge in [-0.1, -0.05) is 60.2 Å². The van der Waals surface area contributed by atoms with Crippen LogP contribution < -0.4 is 15.4 Å². The van der Waals surface area contributed by atoms with E-state index < -0.39 is 6.61 Å². The summed E-state index contributed by atoms with van der Waals surface area (Å²) in [5.74, 6) is 0.117. The molecule has 2 N–H and O–H groups in total. The third kappa shape index (κ3) is 5.50. The summed E-state index contributed by atoms with van der Waals surface area (Å²) in [6.45, 7) is -0.826. The number of benzene rings is 3. The minimum absolute atomic E-state index is 0.117. The van der Waals surface area contributed by atoms with E-state index >= 15 is 0 Å². The van der Waals surface area contributed by atoms with Crippen molar-refractivity contribution >= 4 is 23.0 Å². The summed E-state index contributed by atoms with van der Waals surface area (Å²) in [4.78, 5) is 0. The van der Waals surface area contributed by atoms with E-state index in [1.165, 1.54) is 12.1 Å². The molecule has 0 radical (unpaired) electrons. The van der Waals surface area contributed by atoms with E-state index in [2.05, 4.69) is 15.4 Å². The molecule has 3 aromatic rings. The Kier molecular flexibility index (Phi) is 6.55. The van der Waals surface area contributed by atoms with Gasteiger partial charge >= 0.3 is 6.61 Å². The number of ether oxygens (including phenoxy) is 1. The van der Waals surface area contributed by atoms with E-state index in [1.807, 2.05) is 61.5 Å². The number of anilines is 1. The Bertz CT molecular complexity index is 900. The first-order chi connectivity index (χ1) is 13.5. The quantitative estimate of drug-likeness (QED) is 0.524. The molecule has 0 spiro atoms. The van der Waals surface area contributed by atoms with E-state index in [9.17, 15) is 8.78 Å². The number of hydrogen-bond acceptors (Lipinski definition) is 2. The van der Waals surface area contributed by atoms with E-state index in [0.29, 0.717) is 5.11 Å². The van der Waals surface area contributed by atoms with Gasteiger partial charge in [-0.3, -0.25) is 0 Å². The van der Waals surface area contributed by atoms with Gasteiger partial charge in [-0.2, -0.15) is 8.78 Å². The Hall–Kier alpha value is -2.99. The highest BCUT2D eigenvalue weighted by molar-refractivity contribution is 7.80. The lowest BCUT2D eigenvalue weighted by Gasteiger charge is -2.22. The predicted octanol–water partition coefficient (Wildman–Crippen LogP) is 5.67. The van der Waals surface area contributed by atoms with Crippen LogP contribution in [0.5, 0.6) is 5.75 Å². The van der Waals surface area contributed by atoms with Crippen LogP contribution in [0, 0.1) is 6.92 Å². The van der Waals surface area contributed by atoms with Gasteiger partial charge < -0.3 is 15.4 Å². The number of aryl methyl sites for hydroxylation is 1. The second-order valence-electron chi connectivity index (χ2n) is 6.26. The SMILES string of the molecule is Cc1ccc(NC(=S)N[C@H](c2ccccc2)c2ccc(OC(F)F)cc2)cc1. The van der Waals surface area contributed by atoms with Crippen LogP contribution in [0.15, 0.2) is 78.9 Å². The highest BCUT2D eigenvalue weighted by atomic mass is 32.1. The molecule has 0 aliphatic rings. The number of alkyl halides is 2. The monoisotopic (exact) mass is 398 g/mol. The molecule has 0 aliphatic carbocycles. The van der Waals surface area contributed by atoms with Gasteiger partial charge in [0, 0.05) is 5.69 Å².